The highest BCUT2D eigenvalue weighted by Gasteiger charge is 2.47. The average molecular weight is 370 g/mol. The molecule has 3 aromatic rings. The van der Waals surface area contributed by atoms with Gasteiger partial charge in [0.25, 0.3) is 0 Å². The standard InChI is InChI=1S/C24H22N2O2/c1-24-14-23(24)20-9-7-18(13-21(20)19-8-4-16(26)12-22(19)24)28-11-10-27-17-5-2-15(25)3-6-17/h2-9,12-14H,10-11,25-26H2,1H3. The molecule has 0 bridgehead atoms. The minimum atomic E-state index is 0.0208. The van der Waals surface area contributed by atoms with E-state index >= 15 is 0 Å². The predicted molar refractivity (Wildman–Crippen MR) is 113 cm³/mol. The normalized spacial score (nSPS) is 18.4. The first kappa shape index (κ1) is 16.8. The molecule has 28 heavy (non-hydrogen) atoms. The fourth-order valence-electron chi connectivity index (χ4n) is 4.01. The lowest BCUT2D eigenvalue weighted by molar-refractivity contribution is 0.217. The van der Waals surface area contributed by atoms with Crippen LogP contribution in [-0.4, -0.2) is 13.2 Å². The highest BCUT2D eigenvalue weighted by Crippen LogP contribution is 2.60. The van der Waals surface area contributed by atoms with E-state index in [1.807, 2.05) is 36.4 Å². The Morgan fingerprint density at radius 2 is 1.36 bits per heavy atom. The molecule has 2 aliphatic rings. The molecule has 140 valence electrons. The van der Waals surface area contributed by atoms with E-state index in [-0.39, 0.29) is 5.41 Å². The van der Waals surface area contributed by atoms with Gasteiger partial charge in [-0.2, -0.15) is 0 Å². The molecule has 0 aliphatic heterocycles. The Morgan fingerprint density at radius 3 is 2.14 bits per heavy atom. The van der Waals surface area contributed by atoms with Crippen LogP contribution >= 0.6 is 0 Å². The molecule has 3 aromatic carbocycles. The number of nitrogen functional groups attached to an aromatic ring is 2. The summed E-state index contributed by atoms with van der Waals surface area (Å²) in [7, 11) is 0. The van der Waals surface area contributed by atoms with Crippen molar-refractivity contribution in [1.82, 2.24) is 0 Å². The van der Waals surface area contributed by atoms with Crippen molar-refractivity contribution in [2.45, 2.75) is 12.3 Å². The summed E-state index contributed by atoms with van der Waals surface area (Å²) in [4.78, 5) is 0. The van der Waals surface area contributed by atoms with Crippen molar-refractivity contribution in [2.75, 3.05) is 24.7 Å². The number of hydrogen-bond donors (Lipinski definition) is 2. The van der Waals surface area contributed by atoms with Gasteiger partial charge in [-0.25, -0.2) is 0 Å². The second-order valence-corrected chi connectivity index (χ2v) is 7.54. The van der Waals surface area contributed by atoms with Crippen LogP contribution < -0.4 is 20.9 Å². The van der Waals surface area contributed by atoms with Crippen LogP contribution in [0.2, 0.25) is 0 Å². The molecule has 0 amide bonds. The predicted octanol–water partition coefficient (Wildman–Crippen LogP) is 4.64. The van der Waals surface area contributed by atoms with E-state index in [0.717, 1.165) is 22.9 Å². The van der Waals surface area contributed by atoms with E-state index in [0.29, 0.717) is 13.2 Å². The third-order valence-corrected chi connectivity index (χ3v) is 5.58. The number of hydrogen-bond acceptors (Lipinski definition) is 4. The summed E-state index contributed by atoms with van der Waals surface area (Å²) in [5, 5.41) is 0. The summed E-state index contributed by atoms with van der Waals surface area (Å²) in [5.41, 5.74) is 19.6. The first-order valence-electron chi connectivity index (χ1n) is 9.44. The summed E-state index contributed by atoms with van der Waals surface area (Å²) in [5.74, 6) is 1.63. The molecule has 0 saturated carbocycles. The zero-order chi connectivity index (χ0) is 19.3. The van der Waals surface area contributed by atoms with E-state index in [1.54, 1.807) is 0 Å². The first-order chi connectivity index (χ1) is 13.5. The monoisotopic (exact) mass is 370 g/mol. The molecule has 2 aliphatic carbocycles. The van der Waals surface area contributed by atoms with Crippen LogP contribution in [-0.2, 0) is 5.41 Å². The van der Waals surface area contributed by atoms with Gasteiger partial charge in [0.15, 0.2) is 0 Å². The molecule has 0 aromatic heterocycles. The van der Waals surface area contributed by atoms with E-state index in [4.69, 9.17) is 20.9 Å². The largest absolute Gasteiger partial charge is 0.490 e. The zero-order valence-electron chi connectivity index (χ0n) is 15.7. The maximum absolute atomic E-state index is 6.04. The summed E-state index contributed by atoms with van der Waals surface area (Å²) in [6.45, 7) is 3.19. The minimum Gasteiger partial charge on any atom is -0.490 e. The van der Waals surface area contributed by atoms with Crippen molar-refractivity contribution in [2.24, 2.45) is 0 Å². The Balaban J connectivity index is 1.32. The van der Waals surface area contributed by atoms with Gasteiger partial charge in [0.05, 0.1) is 0 Å². The SMILES string of the molecule is CC12C=C1c1ccc(OCCOc3ccc(N)cc3)cc1-c1ccc(N)cc12. The number of benzene rings is 3. The lowest BCUT2D eigenvalue weighted by Gasteiger charge is -2.26. The molecular weight excluding hydrogens is 348 g/mol. The molecule has 1 unspecified atom stereocenters. The van der Waals surface area contributed by atoms with E-state index in [9.17, 15) is 0 Å². The van der Waals surface area contributed by atoms with Gasteiger partial charge >= 0.3 is 0 Å². The topological polar surface area (TPSA) is 70.5 Å². The smallest absolute Gasteiger partial charge is 0.122 e. The second kappa shape index (κ2) is 6.06. The molecule has 0 heterocycles. The van der Waals surface area contributed by atoms with E-state index < -0.39 is 0 Å². The number of rotatable bonds is 5. The Hall–Kier alpha value is -3.40. The summed E-state index contributed by atoms with van der Waals surface area (Å²) in [6, 6.07) is 19.8. The quantitative estimate of drug-likeness (QED) is 0.507. The Morgan fingerprint density at radius 1 is 0.714 bits per heavy atom. The molecule has 0 saturated heterocycles. The maximum Gasteiger partial charge on any atom is 0.122 e. The summed E-state index contributed by atoms with van der Waals surface area (Å²) < 4.78 is 11.6. The molecule has 1 atom stereocenters. The highest BCUT2D eigenvalue weighted by molar-refractivity contribution is 6.03. The van der Waals surface area contributed by atoms with Gasteiger partial charge in [-0.15, -0.1) is 0 Å². The van der Waals surface area contributed by atoms with Crippen LogP contribution in [0.5, 0.6) is 11.5 Å². The van der Waals surface area contributed by atoms with Crippen molar-refractivity contribution in [3.8, 4) is 22.6 Å². The second-order valence-electron chi connectivity index (χ2n) is 7.54. The molecule has 4 N–H and O–H groups in total. The Bertz CT molecular complexity index is 1100. The van der Waals surface area contributed by atoms with Gasteiger partial charge in [0.2, 0.25) is 0 Å². The molecule has 5 rings (SSSR count). The number of nitrogens with two attached hydrogens (primary N) is 2. The molecule has 4 nitrogen and oxygen atoms in total. The van der Waals surface area contributed by atoms with Crippen molar-refractivity contribution < 1.29 is 9.47 Å². The average Bonchev–Trinajstić information content (AvgIpc) is 3.40. The third kappa shape index (κ3) is 2.69. The lowest BCUT2D eigenvalue weighted by Crippen LogP contribution is -2.13. The van der Waals surface area contributed by atoms with Crippen LogP contribution in [0, 0.1) is 0 Å². The first-order valence-corrected chi connectivity index (χ1v) is 9.44. The Kier molecular flexibility index (Phi) is 3.63. The van der Waals surface area contributed by atoms with Crippen molar-refractivity contribution in [1.29, 1.82) is 0 Å². The zero-order valence-corrected chi connectivity index (χ0v) is 15.7. The van der Waals surface area contributed by atoms with Crippen LogP contribution in [0.4, 0.5) is 11.4 Å². The number of ether oxygens (including phenoxy) is 2. The van der Waals surface area contributed by atoms with Gasteiger partial charge in [0.1, 0.15) is 24.7 Å². The van der Waals surface area contributed by atoms with Crippen LogP contribution in [0.25, 0.3) is 16.7 Å². The van der Waals surface area contributed by atoms with Gasteiger partial charge in [-0.3, -0.25) is 0 Å². The summed E-state index contributed by atoms with van der Waals surface area (Å²) >= 11 is 0. The minimum absolute atomic E-state index is 0.0208. The number of anilines is 2. The fourth-order valence-corrected chi connectivity index (χ4v) is 4.01. The molecule has 0 radical (unpaired) electrons. The van der Waals surface area contributed by atoms with Gasteiger partial charge in [-0.05, 0) is 83.3 Å². The van der Waals surface area contributed by atoms with Crippen molar-refractivity contribution in [3.05, 3.63) is 77.9 Å². The van der Waals surface area contributed by atoms with Crippen LogP contribution in [0.3, 0.4) is 0 Å². The molecule has 4 heteroatoms. The van der Waals surface area contributed by atoms with E-state index in [1.165, 1.54) is 27.8 Å². The van der Waals surface area contributed by atoms with Crippen LogP contribution in [0.1, 0.15) is 18.1 Å². The molecule has 0 fully saturated rings. The Labute approximate surface area is 164 Å². The lowest BCUT2D eigenvalue weighted by atomic mass is 9.77. The van der Waals surface area contributed by atoms with E-state index in [2.05, 4.69) is 37.3 Å². The fraction of sp³-hybridized carbons (Fsp3) is 0.167. The van der Waals surface area contributed by atoms with Crippen LogP contribution in [0.15, 0.2) is 66.7 Å². The molecule has 0 spiro atoms. The van der Waals surface area contributed by atoms with Gasteiger partial charge in [0, 0.05) is 16.8 Å². The van der Waals surface area contributed by atoms with Crippen molar-refractivity contribution in [3.63, 3.8) is 0 Å². The maximum atomic E-state index is 6.04. The highest BCUT2D eigenvalue weighted by atomic mass is 16.5. The van der Waals surface area contributed by atoms with Crippen molar-refractivity contribution >= 4 is 16.9 Å². The van der Waals surface area contributed by atoms with Gasteiger partial charge in [-0.1, -0.05) is 18.2 Å². The third-order valence-electron chi connectivity index (χ3n) is 5.58. The number of fused-ring (bicyclic) bond motifs is 6. The number of allylic oxidation sites excluding steroid dienone is 2. The van der Waals surface area contributed by atoms with Gasteiger partial charge < -0.3 is 20.9 Å². The molecular formula is C24H22N2O2. The summed E-state index contributed by atoms with van der Waals surface area (Å²) in [6.07, 6.45) is 2.32.